The molecule has 0 saturated carbocycles. The Morgan fingerprint density at radius 2 is 1.38 bits per heavy atom. The molecule has 0 nitrogen and oxygen atoms in total. The third-order valence-corrected chi connectivity index (χ3v) is 3.09. The van der Waals surface area contributed by atoms with E-state index in [1.807, 2.05) is 0 Å². The summed E-state index contributed by atoms with van der Waals surface area (Å²) in [6.45, 7) is 2.26. The summed E-state index contributed by atoms with van der Waals surface area (Å²) in [4.78, 5) is 0. The summed E-state index contributed by atoms with van der Waals surface area (Å²) in [6, 6.07) is 21.5. The summed E-state index contributed by atoms with van der Waals surface area (Å²) in [7, 11) is 0. The standard InChI is InChI=1S/C16H18/c1-2-15(16-11-7-4-8-12-16)13-14-9-5-3-6-10-14/h3-12,15H,2,13H2,1H3/t15-/m1/s1. The molecule has 0 heterocycles. The van der Waals surface area contributed by atoms with E-state index in [4.69, 9.17) is 0 Å². The van der Waals surface area contributed by atoms with Gasteiger partial charge >= 0.3 is 0 Å². The summed E-state index contributed by atoms with van der Waals surface area (Å²) in [6.07, 6.45) is 2.33. The van der Waals surface area contributed by atoms with Gasteiger partial charge in [-0.15, -0.1) is 0 Å². The van der Waals surface area contributed by atoms with Gasteiger partial charge in [0.05, 0.1) is 0 Å². The maximum atomic E-state index is 2.26. The van der Waals surface area contributed by atoms with Crippen LogP contribution in [0, 0.1) is 0 Å². The molecule has 0 bridgehead atoms. The SMILES string of the molecule is CC[C@H](Cc1ccccc1)c1ccccc1. The summed E-state index contributed by atoms with van der Waals surface area (Å²) in [5.41, 5.74) is 2.88. The van der Waals surface area contributed by atoms with Crippen molar-refractivity contribution in [1.29, 1.82) is 0 Å². The second kappa shape index (κ2) is 5.50. The van der Waals surface area contributed by atoms with Crippen molar-refractivity contribution in [2.24, 2.45) is 0 Å². The fourth-order valence-electron chi connectivity index (χ4n) is 2.12. The van der Waals surface area contributed by atoms with Crippen molar-refractivity contribution in [2.45, 2.75) is 25.7 Å². The summed E-state index contributed by atoms with van der Waals surface area (Å²) < 4.78 is 0. The van der Waals surface area contributed by atoms with Crippen LogP contribution < -0.4 is 0 Å². The second-order valence-corrected chi connectivity index (χ2v) is 4.21. The molecule has 82 valence electrons. The molecule has 0 aromatic heterocycles. The predicted molar refractivity (Wildman–Crippen MR) is 69.6 cm³/mol. The quantitative estimate of drug-likeness (QED) is 0.700. The molecule has 0 fully saturated rings. The molecule has 0 heteroatoms. The molecule has 0 saturated heterocycles. The number of rotatable bonds is 4. The average molecular weight is 210 g/mol. The molecule has 0 aliphatic rings. The smallest absolute Gasteiger partial charge is 0.0124 e. The van der Waals surface area contributed by atoms with E-state index < -0.39 is 0 Å². The zero-order chi connectivity index (χ0) is 11.2. The van der Waals surface area contributed by atoms with Crippen molar-refractivity contribution in [2.75, 3.05) is 0 Å². The van der Waals surface area contributed by atoms with E-state index in [1.165, 1.54) is 17.5 Å². The lowest BCUT2D eigenvalue weighted by atomic mass is 9.90. The Labute approximate surface area is 97.9 Å². The molecule has 0 aliphatic heterocycles. The van der Waals surface area contributed by atoms with E-state index >= 15 is 0 Å². The number of hydrogen-bond acceptors (Lipinski definition) is 0. The molecule has 0 aliphatic carbocycles. The fourth-order valence-corrected chi connectivity index (χ4v) is 2.12. The Bertz CT molecular complexity index is 403. The largest absolute Gasteiger partial charge is 0.0648 e. The van der Waals surface area contributed by atoms with Crippen molar-refractivity contribution in [3.05, 3.63) is 71.8 Å². The Morgan fingerprint density at radius 3 is 1.94 bits per heavy atom. The van der Waals surface area contributed by atoms with E-state index in [2.05, 4.69) is 67.6 Å². The van der Waals surface area contributed by atoms with Crippen LogP contribution in [-0.2, 0) is 6.42 Å². The molecular weight excluding hydrogens is 192 g/mol. The minimum atomic E-state index is 0.642. The maximum absolute atomic E-state index is 2.26. The van der Waals surface area contributed by atoms with Gasteiger partial charge in [-0.05, 0) is 29.9 Å². The van der Waals surface area contributed by atoms with Crippen molar-refractivity contribution in [3.63, 3.8) is 0 Å². The Hall–Kier alpha value is -1.56. The van der Waals surface area contributed by atoms with Gasteiger partial charge in [-0.2, -0.15) is 0 Å². The topological polar surface area (TPSA) is 0 Å². The molecule has 0 amide bonds. The van der Waals surface area contributed by atoms with Crippen molar-refractivity contribution in [3.8, 4) is 0 Å². The zero-order valence-corrected chi connectivity index (χ0v) is 9.77. The third-order valence-electron chi connectivity index (χ3n) is 3.09. The van der Waals surface area contributed by atoms with Crippen LogP contribution in [0.4, 0.5) is 0 Å². The van der Waals surface area contributed by atoms with Crippen LogP contribution in [0.1, 0.15) is 30.4 Å². The molecule has 0 spiro atoms. The van der Waals surface area contributed by atoms with Gasteiger partial charge in [-0.25, -0.2) is 0 Å². The van der Waals surface area contributed by atoms with Crippen LogP contribution in [-0.4, -0.2) is 0 Å². The normalized spacial score (nSPS) is 12.3. The molecule has 2 aromatic carbocycles. The van der Waals surface area contributed by atoms with Gasteiger partial charge in [0.15, 0.2) is 0 Å². The van der Waals surface area contributed by atoms with Gasteiger partial charge in [0.1, 0.15) is 0 Å². The minimum absolute atomic E-state index is 0.642. The Balaban J connectivity index is 2.13. The van der Waals surface area contributed by atoms with Crippen molar-refractivity contribution < 1.29 is 0 Å². The van der Waals surface area contributed by atoms with Crippen LogP contribution in [0.15, 0.2) is 60.7 Å². The van der Waals surface area contributed by atoms with Crippen molar-refractivity contribution >= 4 is 0 Å². The summed E-state index contributed by atoms with van der Waals surface area (Å²) >= 11 is 0. The molecule has 1 atom stereocenters. The fraction of sp³-hybridized carbons (Fsp3) is 0.250. The first-order chi connectivity index (χ1) is 7.90. The number of hydrogen-bond donors (Lipinski definition) is 0. The highest BCUT2D eigenvalue weighted by Gasteiger charge is 2.09. The van der Waals surface area contributed by atoms with Gasteiger partial charge in [-0.1, -0.05) is 67.6 Å². The van der Waals surface area contributed by atoms with Gasteiger partial charge in [-0.3, -0.25) is 0 Å². The molecule has 16 heavy (non-hydrogen) atoms. The second-order valence-electron chi connectivity index (χ2n) is 4.21. The highest BCUT2D eigenvalue weighted by molar-refractivity contribution is 5.24. The molecule has 0 N–H and O–H groups in total. The average Bonchev–Trinajstić information content (AvgIpc) is 2.38. The highest BCUT2D eigenvalue weighted by atomic mass is 14.1. The lowest BCUT2D eigenvalue weighted by molar-refractivity contribution is 0.660. The van der Waals surface area contributed by atoms with E-state index in [0.717, 1.165) is 6.42 Å². The first kappa shape index (κ1) is 10.9. The Morgan fingerprint density at radius 1 is 0.812 bits per heavy atom. The first-order valence-corrected chi connectivity index (χ1v) is 5.99. The van der Waals surface area contributed by atoms with E-state index in [-0.39, 0.29) is 0 Å². The Kier molecular flexibility index (Phi) is 3.76. The molecular formula is C16H18. The lowest BCUT2D eigenvalue weighted by Crippen LogP contribution is -2.01. The monoisotopic (exact) mass is 210 g/mol. The summed E-state index contributed by atoms with van der Waals surface area (Å²) in [5.74, 6) is 0.642. The van der Waals surface area contributed by atoms with Gasteiger partial charge in [0.2, 0.25) is 0 Å². The van der Waals surface area contributed by atoms with Crippen LogP contribution >= 0.6 is 0 Å². The van der Waals surface area contributed by atoms with Crippen LogP contribution in [0.5, 0.6) is 0 Å². The van der Waals surface area contributed by atoms with E-state index in [9.17, 15) is 0 Å². The zero-order valence-electron chi connectivity index (χ0n) is 9.77. The van der Waals surface area contributed by atoms with Crippen LogP contribution in [0.2, 0.25) is 0 Å². The highest BCUT2D eigenvalue weighted by Crippen LogP contribution is 2.23. The summed E-state index contributed by atoms with van der Waals surface area (Å²) in [5, 5.41) is 0. The molecule has 2 aromatic rings. The molecule has 0 radical (unpaired) electrons. The van der Waals surface area contributed by atoms with Gasteiger partial charge < -0.3 is 0 Å². The minimum Gasteiger partial charge on any atom is -0.0648 e. The van der Waals surface area contributed by atoms with Gasteiger partial charge in [0.25, 0.3) is 0 Å². The molecule has 2 rings (SSSR count). The van der Waals surface area contributed by atoms with Gasteiger partial charge in [0, 0.05) is 0 Å². The van der Waals surface area contributed by atoms with E-state index in [1.54, 1.807) is 0 Å². The van der Waals surface area contributed by atoms with Crippen LogP contribution in [0.25, 0.3) is 0 Å². The van der Waals surface area contributed by atoms with E-state index in [0.29, 0.717) is 5.92 Å². The van der Waals surface area contributed by atoms with Crippen molar-refractivity contribution in [1.82, 2.24) is 0 Å². The van der Waals surface area contributed by atoms with Crippen LogP contribution in [0.3, 0.4) is 0 Å². The number of benzene rings is 2. The third kappa shape index (κ3) is 2.73. The maximum Gasteiger partial charge on any atom is -0.0124 e. The lowest BCUT2D eigenvalue weighted by Gasteiger charge is -2.15. The first-order valence-electron chi connectivity index (χ1n) is 5.99. The predicted octanol–water partition coefficient (Wildman–Crippen LogP) is 4.42. The molecule has 0 unspecified atom stereocenters.